The Hall–Kier alpha value is -1.88. The zero-order chi connectivity index (χ0) is 18.9. The summed E-state index contributed by atoms with van der Waals surface area (Å²) in [7, 11) is 0. The molecule has 2 fully saturated rings. The van der Waals surface area contributed by atoms with Crippen molar-refractivity contribution in [3.05, 3.63) is 35.9 Å². The molecule has 0 aliphatic carbocycles. The lowest BCUT2D eigenvalue weighted by Crippen LogP contribution is -2.45. The van der Waals surface area contributed by atoms with Gasteiger partial charge in [0.15, 0.2) is 0 Å². The van der Waals surface area contributed by atoms with Crippen molar-refractivity contribution in [1.82, 2.24) is 15.1 Å². The van der Waals surface area contributed by atoms with Gasteiger partial charge in [-0.1, -0.05) is 43.2 Å². The number of benzene rings is 1. The molecule has 2 aliphatic heterocycles. The van der Waals surface area contributed by atoms with Crippen LogP contribution >= 0.6 is 0 Å². The van der Waals surface area contributed by atoms with Crippen LogP contribution in [0.25, 0.3) is 0 Å². The first-order valence-corrected chi connectivity index (χ1v) is 10.5. The third kappa shape index (κ3) is 6.65. The molecule has 0 saturated carbocycles. The normalized spacial score (nSPS) is 19.5. The molecule has 2 aliphatic rings. The molecule has 27 heavy (non-hydrogen) atoms. The van der Waals surface area contributed by atoms with Crippen LogP contribution in [0.1, 0.15) is 44.1 Å². The number of carbonyl (C=O) groups excluding carboxylic acids is 2. The molecule has 0 atom stereocenters. The maximum absolute atomic E-state index is 12.4. The van der Waals surface area contributed by atoms with Crippen molar-refractivity contribution in [2.75, 3.05) is 39.3 Å². The van der Waals surface area contributed by atoms with Crippen LogP contribution in [-0.4, -0.2) is 60.9 Å². The molecule has 3 rings (SSSR count). The second-order valence-electron chi connectivity index (χ2n) is 7.98. The smallest absolute Gasteiger partial charge is 0.241 e. The van der Waals surface area contributed by atoms with Crippen molar-refractivity contribution >= 4 is 11.8 Å². The van der Waals surface area contributed by atoms with Crippen molar-refractivity contribution in [1.29, 1.82) is 0 Å². The maximum atomic E-state index is 12.4. The third-order valence-electron chi connectivity index (χ3n) is 5.83. The van der Waals surface area contributed by atoms with Gasteiger partial charge >= 0.3 is 0 Å². The molecule has 2 amide bonds. The van der Waals surface area contributed by atoms with Crippen LogP contribution in [0.4, 0.5) is 0 Å². The fourth-order valence-corrected chi connectivity index (χ4v) is 4.18. The number of likely N-dealkylation sites (tertiary alicyclic amines) is 2. The summed E-state index contributed by atoms with van der Waals surface area (Å²) in [6.07, 6.45) is 7.91. The van der Waals surface area contributed by atoms with E-state index in [-0.39, 0.29) is 18.4 Å². The Morgan fingerprint density at radius 2 is 1.59 bits per heavy atom. The lowest BCUT2D eigenvalue weighted by molar-refractivity contribution is -0.134. The van der Waals surface area contributed by atoms with E-state index in [1.807, 2.05) is 35.2 Å². The first kappa shape index (κ1) is 19.9. The highest BCUT2D eigenvalue weighted by molar-refractivity contribution is 5.85. The largest absolute Gasteiger partial charge is 0.347 e. The van der Waals surface area contributed by atoms with Gasteiger partial charge < -0.3 is 15.1 Å². The molecule has 0 unspecified atom stereocenters. The molecule has 1 aromatic rings. The summed E-state index contributed by atoms with van der Waals surface area (Å²) >= 11 is 0. The fraction of sp³-hybridized carbons (Fsp3) is 0.636. The molecule has 1 N–H and O–H groups in total. The van der Waals surface area contributed by atoms with E-state index < -0.39 is 0 Å². The highest BCUT2D eigenvalue weighted by atomic mass is 16.2. The molecule has 2 heterocycles. The van der Waals surface area contributed by atoms with E-state index >= 15 is 0 Å². The zero-order valence-electron chi connectivity index (χ0n) is 16.4. The minimum Gasteiger partial charge on any atom is -0.347 e. The van der Waals surface area contributed by atoms with Crippen molar-refractivity contribution in [3.63, 3.8) is 0 Å². The molecule has 0 aromatic heterocycles. The van der Waals surface area contributed by atoms with E-state index in [4.69, 9.17) is 0 Å². The average molecular weight is 372 g/mol. The predicted octanol–water partition coefficient (Wildman–Crippen LogP) is 2.46. The van der Waals surface area contributed by atoms with Gasteiger partial charge in [0, 0.05) is 19.6 Å². The van der Waals surface area contributed by atoms with Gasteiger partial charge in [-0.05, 0) is 50.3 Å². The number of rotatable bonds is 6. The predicted molar refractivity (Wildman–Crippen MR) is 107 cm³/mol. The van der Waals surface area contributed by atoms with E-state index in [9.17, 15) is 9.59 Å². The van der Waals surface area contributed by atoms with Gasteiger partial charge in [-0.2, -0.15) is 0 Å². The minimum absolute atomic E-state index is 0.0460. The second kappa shape index (κ2) is 10.5. The highest BCUT2D eigenvalue weighted by Crippen LogP contribution is 2.20. The Morgan fingerprint density at radius 3 is 2.26 bits per heavy atom. The first-order chi connectivity index (χ1) is 13.2. The summed E-state index contributed by atoms with van der Waals surface area (Å²) in [6, 6.07) is 9.63. The molecule has 0 bridgehead atoms. The average Bonchev–Trinajstić information content (AvgIpc) is 2.96. The van der Waals surface area contributed by atoms with E-state index in [1.165, 1.54) is 45.3 Å². The van der Waals surface area contributed by atoms with E-state index in [0.717, 1.165) is 31.5 Å². The Bertz CT molecular complexity index is 589. The summed E-state index contributed by atoms with van der Waals surface area (Å²) in [5.74, 6) is 0.662. The molecule has 148 valence electrons. The molecular formula is C22H33N3O2. The standard InChI is InChI=1S/C22H33N3O2/c26-21(16-19-8-4-3-5-9-19)23-17-22(27)25-14-10-20(11-15-25)18-24-12-6-1-2-7-13-24/h3-5,8-9,20H,1-2,6-7,10-18H2,(H,23,26). The maximum Gasteiger partial charge on any atom is 0.241 e. The van der Waals surface area contributed by atoms with Crippen LogP contribution in [0.15, 0.2) is 30.3 Å². The Labute approximate surface area is 163 Å². The van der Waals surface area contributed by atoms with Crippen LogP contribution in [0, 0.1) is 5.92 Å². The Kier molecular flexibility index (Phi) is 7.69. The van der Waals surface area contributed by atoms with Crippen molar-refractivity contribution < 1.29 is 9.59 Å². The summed E-state index contributed by atoms with van der Waals surface area (Å²) in [6.45, 7) is 5.44. The molecule has 0 spiro atoms. The van der Waals surface area contributed by atoms with Gasteiger partial charge in [0.1, 0.15) is 0 Å². The lowest BCUT2D eigenvalue weighted by atomic mass is 9.96. The van der Waals surface area contributed by atoms with Gasteiger partial charge in [0.2, 0.25) is 11.8 Å². The van der Waals surface area contributed by atoms with Gasteiger partial charge in [-0.25, -0.2) is 0 Å². The van der Waals surface area contributed by atoms with Crippen LogP contribution in [-0.2, 0) is 16.0 Å². The third-order valence-corrected chi connectivity index (χ3v) is 5.83. The first-order valence-electron chi connectivity index (χ1n) is 10.5. The number of nitrogens with one attached hydrogen (secondary N) is 1. The van der Waals surface area contributed by atoms with Crippen LogP contribution in [0.3, 0.4) is 0 Å². The van der Waals surface area contributed by atoms with Crippen molar-refractivity contribution in [2.45, 2.75) is 44.9 Å². The summed E-state index contributed by atoms with van der Waals surface area (Å²) < 4.78 is 0. The number of hydrogen-bond acceptors (Lipinski definition) is 3. The number of nitrogens with zero attached hydrogens (tertiary/aromatic N) is 2. The van der Waals surface area contributed by atoms with E-state index in [2.05, 4.69) is 10.2 Å². The number of piperidine rings is 1. The van der Waals surface area contributed by atoms with Crippen LogP contribution < -0.4 is 5.32 Å². The van der Waals surface area contributed by atoms with Gasteiger partial charge in [-0.15, -0.1) is 0 Å². The summed E-state index contributed by atoms with van der Waals surface area (Å²) in [5.41, 5.74) is 0.969. The highest BCUT2D eigenvalue weighted by Gasteiger charge is 2.24. The van der Waals surface area contributed by atoms with E-state index in [1.54, 1.807) is 0 Å². The van der Waals surface area contributed by atoms with Crippen molar-refractivity contribution in [3.8, 4) is 0 Å². The summed E-state index contributed by atoms with van der Waals surface area (Å²) in [4.78, 5) is 29.0. The molecule has 0 radical (unpaired) electrons. The van der Waals surface area contributed by atoms with Gasteiger partial charge in [-0.3, -0.25) is 9.59 Å². The molecule has 5 nitrogen and oxygen atoms in total. The molecule has 5 heteroatoms. The number of hydrogen-bond donors (Lipinski definition) is 1. The topological polar surface area (TPSA) is 52.7 Å². The van der Waals surface area contributed by atoms with Gasteiger partial charge in [0.25, 0.3) is 0 Å². The minimum atomic E-state index is -0.0920. The molecule has 2 saturated heterocycles. The van der Waals surface area contributed by atoms with Crippen LogP contribution in [0.5, 0.6) is 0 Å². The Balaban J connectivity index is 1.34. The van der Waals surface area contributed by atoms with E-state index in [0.29, 0.717) is 12.3 Å². The Morgan fingerprint density at radius 1 is 0.926 bits per heavy atom. The lowest BCUT2D eigenvalue weighted by Gasteiger charge is -2.34. The fourth-order valence-electron chi connectivity index (χ4n) is 4.18. The summed E-state index contributed by atoms with van der Waals surface area (Å²) in [5, 5.41) is 2.77. The number of amides is 2. The number of carbonyl (C=O) groups is 2. The van der Waals surface area contributed by atoms with Gasteiger partial charge in [0.05, 0.1) is 13.0 Å². The monoisotopic (exact) mass is 371 g/mol. The van der Waals surface area contributed by atoms with Crippen molar-refractivity contribution in [2.24, 2.45) is 5.92 Å². The SMILES string of the molecule is O=C(Cc1ccccc1)NCC(=O)N1CCC(CN2CCCCCC2)CC1. The quantitative estimate of drug-likeness (QED) is 0.836. The van der Waals surface area contributed by atoms with Crippen LogP contribution in [0.2, 0.25) is 0 Å². The zero-order valence-corrected chi connectivity index (χ0v) is 16.4. The molecular weight excluding hydrogens is 338 g/mol. The second-order valence-corrected chi connectivity index (χ2v) is 7.98. The molecule has 1 aromatic carbocycles.